The highest BCUT2D eigenvalue weighted by Gasteiger charge is 2.55. The molecule has 2 aromatic rings. The van der Waals surface area contributed by atoms with E-state index in [2.05, 4.69) is 15.2 Å². The number of benzene rings is 1. The largest absolute Gasteiger partial charge is 0.459 e. The molecule has 19 nitrogen and oxygen atoms in total. The summed E-state index contributed by atoms with van der Waals surface area (Å²) in [6, 6.07) is 5.38. The van der Waals surface area contributed by atoms with E-state index in [1.54, 1.807) is 59.9 Å². The molecule has 0 aliphatic carbocycles. The van der Waals surface area contributed by atoms with Gasteiger partial charge in [-0.3, -0.25) is 4.79 Å². The lowest BCUT2D eigenvalue weighted by Crippen LogP contribution is -2.62. The normalized spacial score (nSPS) is 40.5. The van der Waals surface area contributed by atoms with E-state index in [-0.39, 0.29) is 25.2 Å². The Labute approximate surface area is 438 Å². The number of cyclic esters (lactones) is 1. The molecule has 4 aliphatic rings. The number of likely N-dealkylation sites (N-methyl/N-ethyl adjacent to an activating group) is 2. The van der Waals surface area contributed by atoms with Gasteiger partial charge in [0.2, 0.25) is 0 Å². The Bertz CT molecular complexity index is 2070. The topological polar surface area (TPSA) is 234 Å². The molecule has 74 heavy (non-hydrogen) atoms. The first-order valence-corrected chi connectivity index (χ1v) is 27.0. The molecule has 1 unspecified atom stereocenters. The highest BCUT2D eigenvalue weighted by atomic mass is 19.1. The lowest BCUT2D eigenvalue weighted by Gasteiger charge is -2.51. The molecular weight excluding hydrogens is 960 g/mol. The first-order chi connectivity index (χ1) is 34.8. The Balaban J connectivity index is 1.25. The van der Waals surface area contributed by atoms with Gasteiger partial charge in [0.05, 0.1) is 60.4 Å². The zero-order valence-electron chi connectivity index (χ0n) is 46.3. The number of anilines is 1. The molecule has 0 amide bonds. The van der Waals surface area contributed by atoms with Gasteiger partial charge in [-0.15, -0.1) is 5.10 Å². The Morgan fingerprint density at radius 3 is 2.26 bits per heavy atom. The zero-order chi connectivity index (χ0) is 54.6. The Kier molecular flexibility index (Phi) is 20.5. The van der Waals surface area contributed by atoms with Crippen molar-refractivity contribution in [2.45, 2.75) is 197 Å². The summed E-state index contributed by atoms with van der Waals surface area (Å²) in [4.78, 5) is 20.8. The molecule has 1 aromatic heterocycles. The maximum atomic E-state index is 14.7. The molecule has 4 fully saturated rings. The van der Waals surface area contributed by atoms with Crippen molar-refractivity contribution in [2.75, 3.05) is 72.2 Å². The highest BCUT2D eigenvalue weighted by Crippen LogP contribution is 2.45. The van der Waals surface area contributed by atoms with Gasteiger partial charge in [-0.05, 0) is 104 Å². The average molecular weight is 1050 g/mol. The van der Waals surface area contributed by atoms with E-state index >= 15 is 0 Å². The molecule has 0 spiro atoms. The molecule has 422 valence electrons. The number of aliphatic hydroxyl groups is 6. The van der Waals surface area contributed by atoms with E-state index in [1.165, 1.54) is 18.7 Å². The number of methoxy groups -OCH3 is 1. The summed E-state index contributed by atoms with van der Waals surface area (Å²) < 4.78 is 53.7. The quantitative estimate of drug-likeness (QED) is 0.149. The minimum Gasteiger partial charge on any atom is -0.459 e. The molecule has 4 saturated heterocycles. The number of nitrogens with zero attached hydrogens (tertiary/aromatic N) is 6. The van der Waals surface area contributed by atoms with Crippen molar-refractivity contribution < 1.29 is 68.2 Å². The lowest BCUT2D eigenvalue weighted by atomic mass is 9.68. The molecule has 20 heteroatoms. The number of aliphatic hydroxyl groups excluding tert-OH is 4. The van der Waals surface area contributed by atoms with Crippen LogP contribution in [-0.2, 0) is 39.6 Å². The van der Waals surface area contributed by atoms with Gasteiger partial charge in [0.25, 0.3) is 0 Å². The van der Waals surface area contributed by atoms with E-state index in [1.807, 2.05) is 56.8 Å². The number of hydrogen-bond acceptors (Lipinski definition) is 18. The number of alkyl halides is 1. The second-order valence-corrected chi connectivity index (χ2v) is 23.1. The second kappa shape index (κ2) is 25.2. The summed E-state index contributed by atoms with van der Waals surface area (Å²) in [5.41, 5.74) is -2.40. The first-order valence-electron chi connectivity index (χ1n) is 27.0. The molecule has 5 heterocycles. The molecule has 6 rings (SSSR count). The third kappa shape index (κ3) is 13.5. The SMILES string of the molecule is CC[C@H]1OC(=O)[C@H](C)[C@@H](C2C[C@@](C)(OC)[C@@H](O)[C@H](C)O2)[C@H](C)[C@@H](O[C@@H]2O[C@H](C)C[C@H](N(C)CCc3cn([C@H](CF)[C@H](O)c4ccc(N5CCOCC5)cc4)nn3)[C@H]2O)[C@](C)(O)C[C@@H](C)CN(C)[C@H](C)[C@@H](O)[C@]1(C)O. The van der Waals surface area contributed by atoms with Crippen LogP contribution < -0.4 is 4.90 Å². The number of rotatable bonds is 14. The van der Waals surface area contributed by atoms with Crippen LogP contribution in [0.1, 0.15) is 118 Å². The zero-order valence-corrected chi connectivity index (χ0v) is 46.3. The number of aromatic nitrogens is 3. The van der Waals surface area contributed by atoms with Crippen molar-refractivity contribution in [1.29, 1.82) is 0 Å². The number of morpholine rings is 1. The van der Waals surface area contributed by atoms with Gasteiger partial charge in [0.15, 0.2) is 6.29 Å². The Morgan fingerprint density at radius 2 is 1.64 bits per heavy atom. The van der Waals surface area contributed by atoms with E-state index in [4.69, 9.17) is 28.4 Å². The maximum absolute atomic E-state index is 14.7. The van der Waals surface area contributed by atoms with Crippen molar-refractivity contribution in [1.82, 2.24) is 24.8 Å². The first kappa shape index (κ1) is 60.3. The van der Waals surface area contributed by atoms with Gasteiger partial charge in [0, 0.05) is 76.0 Å². The van der Waals surface area contributed by atoms with E-state index in [0.29, 0.717) is 50.4 Å². The van der Waals surface area contributed by atoms with Gasteiger partial charge in [0.1, 0.15) is 48.8 Å². The molecule has 1 aromatic carbocycles. The third-order valence-corrected chi connectivity index (χ3v) is 17.2. The molecule has 6 N–H and O–H groups in total. The van der Waals surface area contributed by atoms with E-state index in [0.717, 1.165) is 18.8 Å². The van der Waals surface area contributed by atoms with Gasteiger partial charge >= 0.3 is 5.97 Å². The van der Waals surface area contributed by atoms with Crippen molar-refractivity contribution in [3.63, 3.8) is 0 Å². The smallest absolute Gasteiger partial charge is 0.309 e. The summed E-state index contributed by atoms with van der Waals surface area (Å²) >= 11 is 0. The van der Waals surface area contributed by atoms with Crippen molar-refractivity contribution in [3.05, 3.63) is 41.7 Å². The predicted molar refractivity (Wildman–Crippen MR) is 275 cm³/mol. The maximum Gasteiger partial charge on any atom is 0.309 e. The van der Waals surface area contributed by atoms with Crippen LogP contribution in [0.4, 0.5) is 10.1 Å². The van der Waals surface area contributed by atoms with E-state index in [9.17, 15) is 39.8 Å². The van der Waals surface area contributed by atoms with Crippen LogP contribution in [-0.4, -0.2) is 213 Å². The standard InChI is InChI=1S/C54H91FN6O13/c1-14-43-54(10,68)47(64)35(6)59(12)29-31(2)26-52(8,67)49(33(4)44(34(5)50(66)73-43)42-27-53(9,69-13)48(65)36(7)72-42)74-51-46(63)40(25-32(3)71-51)58(11)20-19-38-30-61(57-56-38)41(28-55)45(62)37-15-17-39(18-16-37)60-21-23-70-24-22-60/h15-18,30-36,40-49,51,62-65,67-68H,14,19-29H2,1-13H3/t31-,32-,33+,34-,35-,36+,40+,41-,42?,43-,44+,45-,46-,47-,48+,49-,51+,52-,53-,54-/m1/s1. The molecule has 0 bridgehead atoms. The fourth-order valence-electron chi connectivity index (χ4n) is 12.5. The molecule has 0 saturated carbocycles. The van der Waals surface area contributed by atoms with Crippen LogP contribution in [0.5, 0.6) is 0 Å². The second-order valence-electron chi connectivity index (χ2n) is 23.1. The predicted octanol–water partition coefficient (Wildman–Crippen LogP) is 3.46. The third-order valence-electron chi connectivity index (χ3n) is 17.2. The van der Waals surface area contributed by atoms with Crippen molar-refractivity contribution in [3.8, 4) is 0 Å². The van der Waals surface area contributed by atoms with Crippen LogP contribution >= 0.6 is 0 Å². The van der Waals surface area contributed by atoms with Crippen LogP contribution in [0.2, 0.25) is 0 Å². The highest BCUT2D eigenvalue weighted by molar-refractivity contribution is 5.73. The van der Waals surface area contributed by atoms with Crippen molar-refractivity contribution in [2.24, 2.45) is 23.7 Å². The van der Waals surface area contributed by atoms with Gasteiger partial charge < -0.3 is 73.8 Å². The minimum absolute atomic E-state index is 0.168. The summed E-state index contributed by atoms with van der Waals surface area (Å²) in [5, 5.41) is 80.1. The number of esters is 1. The summed E-state index contributed by atoms with van der Waals surface area (Å²) in [5.74, 6) is -3.28. The number of carbonyl (C=O) groups is 1. The lowest BCUT2D eigenvalue weighted by molar-refractivity contribution is -0.302. The van der Waals surface area contributed by atoms with Crippen LogP contribution in [0.3, 0.4) is 0 Å². The minimum atomic E-state index is -1.83. The van der Waals surface area contributed by atoms with Crippen LogP contribution in [0, 0.1) is 23.7 Å². The van der Waals surface area contributed by atoms with Crippen molar-refractivity contribution >= 4 is 11.7 Å². The summed E-state index contributed by atoms with van der Waals surface area (Å²) in [6.45, 7) is 20.6. The monoisotopic (exact) mass is 1050 g/mol. The van der Waals surface area contributed by atoms with Gasteiger partial charge in [-0.2, -0.15) is 0 Å². The molecule has 4 aliphatic heterocycles. The van der Waals surface area contributed by atoms with Crippen LogP contribution in [0.15, 0.2) is 30.5 Å². The molecule has 0 radical (unpaired) electrons. The fraction of sp³-hybridized carbons (Fsp3) is 0.833. The van der Waals surface area contributed by atoms with Gasteiger partial charge in [-0.25, -0.2) is 9.07 Å². The average Bonchev–Trinajstić information content (AvgIpc) is 3.84. The number of ether oxygens (including phenoxy) is 6. The number of hydrogen-bond donors (Lipinski definition) is 6. The Hall–Kier alpha value is -2.96. The summed E-state index contributed by atoms with van der Waals surface area (Å²) in [7, 11) is 5.24. The van der Waals surface area contributed by atoms with Crippen LogP contribution in [0.25, 0.3) is 0 Å². The summed E-state index contributed by atoms with van der Waals surface area (Å²) in [6.07, 6.45) is -6.95. The molecule has 20 atom stereocenters. The van der Waals surface area contributed by atoms with E-state index < -0.39 is 127 Å². The Morgan fingerprint density at radius 1 is 0.973 bits per heavy atom. The molecular formula is C54H91FN6O13. The van der Waals surface area contributed by atoms with Gasteiger partial charge in [-0.1, -0.05) is 45.0 Å². The number of halogens is 1. The fourth-order valence-corrected chi connectivity index (χ4v) is 12.5. The number of carbonyl (C=O) groups excluding carboxylic acids is 1.